The van der Waals surface area contributed by atoms with Crippen LogP contribution in [-0.4, -0.2) is 73.0 Å². The fourth-order valence-corrected chi connectivity index (χ4v) is 5.21. The molecule has 2 saturated heterocycles. The van der Waals surface area contributed by atoms with E-state index in [9.17, 15) is 23.2 Å². The number of hydrogen-bond acceptors (Lipinski definition) is 10. The number of halogens is 2. The lowest BCUT2D eigenvalue weighted by Crippen LogP contribution is -2.36. The van der Waals surface area contributed by atoms with Gasteiger partial charge in [-0.05, 0) is 42.3 Å². The number of carbonyl (C=O) groups excluding carboxylic acids is 1. The molecule has 2 aliphatic rings. The summed E-state index contributed by atoms with van der Waals surface area (Å²) in [5.41, 5.74) is 1.37. The summed E-state index contributed by atoms with van der Waals surface area (Å²) in [7, 11) is 0. The molecule has 0 unspecified atom stereocenters. The molecule has 50 heavy (non-hydrogen) atoms. The molecule has 0 atom stereocenters. The van der Waals surface area contributed by atoms with Crippen molar-refractivity contribution in [2.24, 2.45) is 0 Å². The topological polar surface area (TPSA) is 136 Å². The Morgan fingerprint density at radius 1 is 0.720 bits per heavy atom. The van der Waals surface area contributed by atoms with Gasteiger partial charge >= 0.3 is 11.3 Å². The van der Waals surface area contributed by atoms with E-state index in [1.54, 1.807) is 31.2 Å². The minimum Gasteiger partial charge on any atom is -0.378 e. The third-order valence-electron chi connectivity index (χ3n) is 7.57. The van der Waals surface area contributed by atoms with Crippen LogP contribution in [0.2, 0.25) is 0 Å². The molecule has 4 aromatic rings. The quantitative estimate of drug-likeness (QED) is 0.251. The summed E-state index contributed by atoms with van der Waals surface area (Å²) < 4.78 is 52.1. The summed E-state index contributed by atoms with van der Waals surface area (Å²) in [6.07, 6.45) is 2.98. The number of nitrogens with zero attached hydrogens (tertiary/aromatic N) is 4. The normalized spacial score (nSPS) is 14.1. The average Bonchev–Trinajstić information content (AvgIpc) is 3.65. The third-order valence-corrected chi connectivity index (χ3v) is 7.72. The minimum absolute atomic E-state index is 0. The summed E-state index contributed by atoms with van der Waals surface area (Å²) in [4.78, 5) is 39.3. The van der Waals surface area contributed by atoms with Gasteiger partial charge in [0.15, 0.2) is 0 Å². The van der Waals surface area contributed by atoms with Crippen LogP contribution in [0.1, 0.15) is 28.7 Å². The van der Waals surface area contributed by atoms with E-state index in [1.165, 1.54) is 40.9 Å². The molecule has 2 fully saturated rings. The Morgan fingerprint density at radius 2 is 1.12 bits per heavy atom. The van der Waals surface area contributed by atoms with Crippen LogP contribution in [0, 0.1) is 11.6 Å². The van der Waals surface area contributed by atoms with Crippen molar-refractivity contribution in [3.8, 4) is 22.3 Å². The van der Waals surface area contributed by atoms with Crippen molar-refractivity contribution in [3.05, 3.63) is 81.3 Å². The van der Waals surface area contributed by atoms with Gasteiger partial charge in [0.2, 0.25) is 5.91 Å². The molecule has 0 radical (unpaired) electrons. The van der Waals surface area contributed by atoms with Crippen LogP contribution in [0.4, 0.5) is 20.2 Å². The van der Waals surface area contributed by atoms with E-state index in [2.05, 4.69) is 10.6 Å². The Bertz CT molecular complexity index is 1720. The van der Waals surface area contributed by atoms with Gasteiger partial charge in [0, 0.05) is 33.1 Å². The van der Waals surface area contributed by atoms with Crippen molar-refractivity contribution in [2.75, 3.05) is 62.4 Å². The zero-order valence-electron chi connectivity index (χ0n) is 26.5. The van der Waals surface area contributed by atoms with E-state index < -0.39 is 17.1 Å². The molecule has 16 heteroatoms. The van der Waals surface area contributed by atoms with Crippen LogP contribution in [-0.2, 0) is 27.6 Å². The summed E-state index contributed by atoms with van der Waals surface area (Å²) in [6, 6.07) is 9.43. The molecule has 0 saturated carbocycles. The van der Waals surface area contributed by atoms with Crippen molar-refractivity contribution in [1.29, 1.82) is 0 Å². The number of carbonyl (C=O) groups is 1. The number of amides is 1. The summed E-state index contributed by atoms with van der Waals surface area (Å²) in [5.74, 6) is -1.01. The second-order valence-electron chi connectivity index (χ2n) is 11.0. The van der Waals surface area contributed by atoms with Gasteiger partial charge in [0.1, 0.15) is 25.0 Å². The Kier molecular flexibility index (Phi) is 14.5. The number of morpholine rings is 2. The fraction of sp³-hybridized carbons (Fsp3) is 0.412. The lowest BCUT2D eigenvalue weighted by Gasteiger charge is -2.29. The molecule has 272 valence electrons. The predicted molar refractivity (Wildman–Crippen MR) is 191 cm³/mol. The number of anilines is 2. The monoisotopic (exact) mass is 718 g/mol. The first-order valence-electron chi connectivity index (χ1n) is 15.2. The standard InChI is InChI=1S/C16H18FN3O4.C16H18FN3O3S.2CH4/c1-11(21)18-10-20-9-13(16(22)24-20)12-2-3-15(14(17)8-12)19-4-6-23-7-5-19;1-11(24)18-10-20-9-13(16(21)23-20)12-2-3-15(14(17)8-12)19-4-6-22-7-5-19;;/h2-3,8-9H,4-7,10H2,1H3,(H,18,21);2-3,8-9H,4-7,10H2,1H3,(H,18,24);2*1H4. The van der Waals surface area contributed by atoms with Gasteiger partial charge < -0.3 is 39.0 Å². The first-order chi connectivity index (χ1) is 23.1. The molecule has 0 aliphatic carbocycles. The molecule has 4 heterocycles. The highest BCUT2D eigenvalue weighted by Crippen LogP contribution is 2.27. The van der Waals surface area contributed by atoms with Crippen molar-refractivity contribution < 1.29 is 32.1 Å². The van der Waals surface area contributed by atoms with Crippen molar-refractivity contribution in [2.45, 2.75) is 42.0 Å². The van der Waals surface area contributed by atoms with Crippen LogP contribution in [0.25, 0.3) is 22.3 Å². The van der Waals surface area contributed by atoms with Gasteiger partial charge in [-0.1, -0.05) is 39.2 Å². The SMILES string of the molecule is C.C.CC(=O)NCn1cc(-c2ccc(N3CCOCC3)c(F)c2)c(=O)o1.CC(=S)NCn1cc(-c2ccc(N3CCOCC3)c(F)c2)c(=O)o1. The fourth-order valence-electron chi connectivity index (χ4n) is 5.15. The number of nitrogens with one attached hydrogen (secondary N) is 2. The van der Waals surface area contributed by atoms with E-state index in [0.717, 1.165) is 0 Å². The maximum absolute atomic E-state index is 14.5. The molecular formula is C34H44F2N6O7S. The second kappa shape index (κ2) is 18.3. The van der Waals surface area contributed by atoms with E-state index in [4.69, 9.17) is 30.7 Å². The highest BCUT2D eigenvalue weighted by atomic mass is 32.1. The van der Waals surface area contributed by atoms with Gasteiger partial charge in [0.25, 0.3) is 0 Å². The van der Waals surface area contributed by atoms with E-state index >= 15 is 0 Å². The van der Waals surface area contributed by atoms with Gasteiger partial charge in [-0.2, -0.15) is 9.48 Å². The Hall–Kier alpha value is -4.80. The number of aromatic nitrogens is 2. The van der Waals surface area contributed by atoms with Crippen LogP contribution in [0.5, 0.6) is 0 Å². The predicted octanol–water partition coefficient (Wildman–Crippen LogP) is 4.43. The van der Waals surface area contributed by atoms with Gasteiger partial charge in [-0.3, -0.25) is 4.79 Å². The zero-order valence-corrected chi connectivity index (χ0v) is 27.3. The summed E-state index contributed by atoms with van der Waals surface area (Å²) in [6.45, 7) is 8.25. The van der Waals surface area contributed by atoms with Crippen LogP contribution in [0.15, 0.2) is 67.4 Å². The molecule has 0 bridgehead atoms. The number of rotatable bonds is 8. The van der Waals surface area contributed by atoms with Gasteiger partial charge in [-0.25, -0.2) is 18.4 Å². The van der Waals surface area contributed by atoms with Crippen molar-refractivity contribution >= 4 is 34.5 Å². The Morgan fingerprint density at radius 3 is 1.48 bits per heavy atom. The molecule has 2 aromatic heterocycles. The highest BCUT2D eigenvalue weighted by Gasteiger charge is 2.19. The summed E-state index contributed by atoms with van der Waals surface area (Å²) in [5, 5.41) is 5.40. The second-order valence-corrected chi connectivity index (χ2v) is 11.6. The first-order valence-corrected chi connectivity index (χ1v) is 15.7. The summed E-state index contributed by atoms with van der Waals surface area (Å²) >= 11 is 4.91. The van der Waals surface area contributed by atoms with E-state index in [-0.39, 0.29) is 45.5 Å². The Balaban J connectivity index is 0.000000260. The number of thiocarbonyl (C=S) groups is 1. The van der Waals surface area contributed by atoms with Crippen molar-refractivity contribution in [3.63, 3.8) is 0 Å². The lowest BCUT2D eigenvalue weighted by molar-refractivity contribution is -0.119. The number of benzene rings is 2. The maximum Gasteiger partial charge on any atom is 0.365 e. The largest absolute Gasteiger partial charge is 0.378 e. The average molecular weight is 719 g/mol. The third kappa shape index (κ3) is 10.1. The lowest BCUT2D eigenvalue weighted by atomic mass is 10.1. The Labute approximate surface area is 294 Å². The number of ether oxygens (including phenoxy) is 2. The smallest absolute Gasteiger partial charge is 0.365 e. The van der Waals surface area contributed by atoms with E-state index in [0.29, 0.717) is 85.7 Å². The van der Waals surface area contributed by atoms with Gasteiger partial charge in [-0.15, -0.1) is 0 Å². The maximum atomic E-state index is 14.5. The molecule has 2 aromatic carbocycles. The van der Waals surface area contributed by atoms with Crippen LogP contribution < -0.4 is 31.7 Å². The molecule has 13 nitrogen and oxygen atoms in total. The first kappa shape index (κ1) is 39.6. The number of hydrogen-bond donors (Lipinski definition) is 2. The highest BCUT2D eigenvalue weighted by molar-refractivity contribution is 7.80. The molecule has 2 aliphatic heterocycles. The van der Waals surface area contributed by atoms with E-state index in [1.807, 2.05) is 9.80 Å². The molecular weight excluding hydrogens is 674 g/mol. The molecule has 2 N–H and O–H groups in total. The van der Waals surface area contributed by atoms with Crippen LogP contribution in [0.3, 0.4) is 0 Å². The zero-order chi connectivity index (χ0) is 34.2. The van der Waals surface area contributed by atoms with Gasteiger partial charge in [0.05, 0.1) is 66.3 Å². The minimum atomic E-state index is -0.584. The molecule has 1 amide bonds. The molecule has 6 rings (SSSR count). The molecule has 0 spiro atoms. The van der Waals surface area contributed by atoms with Crippen molar-refractivity contribution in [1.82, 2.24) is 20.1 Å². The van der Waals surface area contributed by atoms with Crippen LogP contribution >= 0.6 is 12.2 Å².